The molecule has 0 aliphatic carbocycles. The molecule has 0 saturated carbocycles. The molecule has 2 unspecified atom stereocenters. The number of nitrogens with zero attached hydrogens (tertiary/aromatic N) is 1. The lowest BCUT2D eigenvalue weighted by Gasteiger charge is -2.21. The number of carboxylic acid groups (broad SMARTS) is 1. The second-order valence-corrected chi connectivity index (χ2v) is 3.03. The molecule has 0 aromatic carbocycles. The maximum absolute atomic E-state index is 10.6. The van der Waals surface area contributed by atoms with E-state index in [0.717, 1.165) is 0 Å². The van der Waals surface area contributed by atoms with E-state index in [1.807, 2.05) is 0 Å². The molecule has 0 radical (unpaired) electrons. The van der Waals surface area contributed by atoms with Crippen molar-refractivity contribution in [3.8, 4) is 0 Å². The van der Waals surface area contributed by atoms with Crippen molar-refractivity contribution < 1.29 is 15.0 Å². The standard InChI is InChI=1S/C7H14N2O3/c8-3-6(7(11)12)9-2-1-5(10)4-9/h5-6,10H,1-4,8H2,(H,11,12). The van der Waals surface area contributed by atoms with Gasteiger partial charge in [0.1, 0.15) is 6.04 Å². The molecule has 1 fully saturated rings. The summed E-state index contributed by atoms with van der Waals surface area (Å²) >= 11 is 0. The summed E-state index contributed by atoms with van der Waals surface area (Å²) in [4.78, 5) is 12.3. The van der Waals surface area contributed by atoms with Crippen molar-refractivity contribution in [1.29, 1.82) is 0 Å². The van der Waals surface area contributed by atoms with Gasteiger partial charge in [0.15, 0.2) is 0 Å². The smallest absolute Gasteiger partial charge is 0.322 e. The Morgan fingerprint density at radius 1 is 1.75 bits per heavy atom. The van der Waals surface area contributed by atoms with Crippen LogP contribution in [0.2, 0.25) is 0 Å². The summed E-state index contributed by atoms with van der Waals surface area (Å²) in [6.45, 7) is 1.14. The van der Waals surface area contributed by atoms with E-state index in [1.165, 1.54) is 0 Å². The minimum absolute atomic E-state index is 0.0993. The van der Waals surface area contributed by atoms with Gasteiger partial charge in [-0.1, -0.05) is 0 Å². The molecule has 2 atom stereocenters. The highest BCUT2D eigenvalue weighted by Crippen LogP contribution is 2.11. The predicted molar refractivity (Wildman–Crippen MR) is 42.7 cm³/mol. The first-order valence-electron chi connectivity index (χ1n) is 4.00. The summed E-state index contributed by atoms with van der Waals surface area (Å²) in [6.07, 6.45) is 0.252. The zero-order valence-electron chi connectivity index (χ0n) is 6.81. The molecule has 0 spiro atoms. The Balaban J connectivity index is 2.49. The van der Waals surface area contributed by atoms with Gasteiger partial charge in [0.2, 0.25) is 0 Å². The highest BCUT2D eigenvalue weighted by Gasteiger charge is 2.30. The lowest BCUT2D eigenvalue weighted by Crippen LogP contribution is -2.45. The van der Waals surface area contributed by atoms with E-state index < -0.39 is 18.1 Å². The van der Waals surface area contributed by atoms with E-state index in [1.54, 1.807) is 4.90 Å². The third kappa shape index (κ3) is 1.94. The molecule has 1 aliphatic heterocycles. The van der Waals surface area contributed by atoms with Gasteiger partial charge in [-0.3, -0.25) is 9.69 Å². The van der Waals surface area contributed by atoms with Gasteiger partial charge in [0.05, 0.1) is 6.10 Å². The monoisotopic (exact) mass is 174 g/mol. The normalized spacial score (nSPS) is 27.3. The van der Waals surface area contributed by atoms with Crippen molar-refractivity contribution >= 4 is 5.97 Å². The van der Waals surface area contributed by atoms with Crippen LogP contribution in [0.5, 0.6) is 0 Å². The van der Waals surface area contributed by atoms with Crippen molar-refractivity contribution in [1.82, 2.24) is 4.90 Å². The molecule has 0 aromatic heterocycles. The molecule has 0 amide bonds. The minimum atomic E-state index is -0.911. The third-order valence-corrected chi connectivity index (χ3v) is 2.14. The van der Waals surface area contributed by atoms with Crippen molar-refractivity contribution in [2.45, 2.75) is 18.6 Å². The number of aliphatic hydroxyl groups is 1. The summed E-state index contributed by atoms with van der Waals surface area (Å²) in [7, 11) is 0. The van der Waals surface area contributed by atoms with E-state index in [2.05, 4.69) is 0 Å². The first-order chi connectivity index (χ1) is 5.65. The molecule has 1 rings (SSSR count). The predicted octanol–water partition coefficient (Wildman–Crippen LogP) is -1.54. The Hall–Kier alpha value is -0.650. The van der Waals surface area contributed by atoms with E-state index in [9.17, 15) is 4.79 Å². The molecule has 4 N–H and O–H groups in total. The molecule has 0 aromatic rings. The fourth-order valence-electron chi connectivity index (χ4n) is 1.46. The van der Waals surface area contributed by atoms with E-state index in [0.29, 0.717) is 19.5 Å². The third-order valence-electron chi connectivity index (χ3n) is 2.14. The molecule has 0 bridgehead atoms. The number of rotatable bonds is 3. The second kappa shape index (κ2) is 3.84. The lowest BCUT2D eigenvalue weighted by molar-refractivity contribution is -0.142. The van der Waals surface area contributed by atoms with E-state index in [4.69, 9.17) is 15.9 Å². The van der Waals surface area contributed by atoms with Crippen LogP contribution in [-0.4, -0.2) is 52.9 Å². The summed E-state index contributed by atoms with van der Waals surface area (Å²) < 4.78 is 0. The number of hydrogen-bond acceptors (Lipinski definition) is 4. The maximum Gasteiger partial charge on any atom is 0.322 e. The average Bonchev–Trinajstić information content (AvgIpc) is 2.37. The molecule has 1 aliphatic rings. The summed E-state index contributed by atoms with van der Waals surface area (Å²) in [5.74, 6) is -0.911. The summed E-state index contributed by atoms with van der Waals surface area (Å²) in [5, 5.41) is 17.9. The fourth-order valence-corrected chi connectivity index (χ4v) is 1.46. The molecule has 12 heavy (non-hydrogen) atoms. The first kappa shape index (κ1) is 9.44. The number of β-amino-alcohol motifs (C(OH)–C–C–N with tert-alkyl or cyclic N) is 1. The number of carboxylic acids is 1. The van der Waals surface area contributed by atoms with Gasteiger partial charge in [-0.15, -0.1) is 0 Å². The number of aliphatic hydroxyl groups excluding tert-OH is 1. The van der Waals surface area contributed by atoms with Gasteiger partial charge in [0.25, 0.3) is 0 Å². The molecular formula is C7H14N2O3. The highest BCUT2D eigenvalue weighted by atomic mass is 16.4. The van der Waals surface area contributed by atoms with Gasteiger partial charge < -0.3 is 15.9 Å². The van der Waals surface area contributed by atoms with Crippen molar-refractivity contribution in [2.75, 3.05) is 19.6 Å². The number of hydrogen-bond donors (Lipinski definition) is 3. The highest BCUT2D eigenvalue weighted by molar-refractivity contribution is 5.73. The maximum atomic E-state index is 10.6. The number of nitrogens with two attached hydrogens (primary N) is 1. The number of likely N-dealkylation sites (tertiary alicyclic amines) is 1. The first-order valence-corrected chi connectivity index (χ1v) is 4.00. The largest absolute Gasteiger partial charge is 0.480 e. The van der Waals surface area contributed by atoms with Crippen LogP contribution < -0.4 is 5.73 Å². The quantitative estimate of drug-likeness (QED) is 0.483. The Bertz CT molecular complexity index is 174. The van der Waals surface area contributed by atoms with E-state index in [-0.39, 0.29) is 6.54 Å². The molecule has 1 heterocycles. The topological polar surface area (TPSA) is 86.8 Å². The van der Waals surface area contributed by atoms with E-state index >= 15 is 0 Å². The zero-order valence-corrected chi connectivity index (χ0v) is 6.81. The van der Waals surface area contributed by atoms with Crippen LogP contribution in [0, 0.1) is 0 Å². The molecule has 1 saturated heterocycles. The van der Waals surface area contributed by atoms with Gasteiger partial charge >= 0.3 is 5.97 Å². The molecule has 70 valence electrons. The average molecular weight is 174 g/mol. The Morgan fingerprint density at radius 2 is 2.42 bits per heavy atom. The summed E-state index contributed by atoms with van der Waals surface area (Å²) in [5.41, 5.74) is 5.29. The molecule has 5 nitrogen and oxygen atoms in total. The second-order valence-electron chi connectivity index (χ2n) is 3.03. The van der Waals surface area contributed by atoms with Gasteiger partial charge in [0, 0.05) is 19.6 Å². The van der Waals surface area contributed by atoms with Crippen LogP contribution >= 0.6 is 0 Å². The fraction of sp³-hybridized carbons (Fsp3) is 0.857. The van der Waals surface area contributed by atoms with Crippen LogP contribution in [0.3, 0.4) is 0 Å². The number of aliphatic carboxylic acids is 1. The van der Waals surface area contributed by atoms with Crippen molar-refractivity contribution in [3.63, 3.8) is 0 Å². The van der Waals surface area contributed by atoms with Crippen LogP contribution in [0.15, 0.2) is 0 Å². The Labute approximate surface area is 70.8 Å². The summed E-state index contributed by atoms with van der Waals surface area (Å²) in [6, 6.07) is -0.637. The Morgan fingerprint density at radius 3 is 2.75 bits per heavy atom. The van der Waals surface area contributed by atoms with Crippen molar-refractivity contribution in [3.05, 3.63) is 0 Å². The molecular weight excluding hydrogens is 160 g/mol. The van der Waals surface area contributed by atoms with Crippen LogP contribution in [0.25, 0.3) is 0 Å². The van der Waals surface area contributed by atoms with Gasteiger partial charge in [-0.05, 0) is 6.42 Å². The number of carbonyl (C=O) groups is 1. The van der Waals surface area contributed by atoms with Crippen LogP contribution in [0.4, 0.5) is 0 Å². The SMILES string of the molecule is NCC(C(=O)O)N1CCC(O)C1. The Kier molecular flexibility index (Phi) is 3.02. The van der Waals surface area contributed by atoms with Crippen LogP contribution in [-0.2, 0) is 4.79 Å². The zero-order chi connectivity index (χ0) is 9.14. The minimum Gasteiger partial charge on any atom is -0.480 e. The van der Waals surface area contributed by atoms with Crippen LogP contribution in [0.1, 0.15) is 6.42 Å². The lowest BCUT2D eigenvalue weighted by atomic mass is 10.2. The van der Waals surface area contributed by atoms with Gasteiger partial charge in [-0.25, -0.2) is 0 Å². The molecule has 5 heteroatoms. The van der Waals surface area contributed by atoms with Crippen molar-refractivity contribution in [2.24, 2.45) is 5.73 Å². The van der Waals surface area contributed by atoms with Gasteiger partial charge in [-0.2, -0.15) is 0 Å².